The molecule has 0 saturated heterocycles. The summed E-state index contributed by atoms with van der Waals surface area (Å²) >= 11 is 19.6. The second kappa shape index (κ2) is 9.65. The SMILES string of the molecule is CCn1c(CNC(=O)c2ccc(Cl)c(Cl)c2)nnc1SCc1ccccc1Cl. The number of halogens is 3. The lowest BCUT2D eigenvalue weighted by molar-refractivity contribution is 0.0949. The Labute approximate surface area is 182 Å². The lowest BCUT2D eigenvalue weighted by atomic mass is 10.2. The van der Waals surface area contributed by atoms with Crippen LogP contribution in [0.15, 0.2) is 47.6 Å². The summed E-state index contributed by atoms with van der Waals surface area (Å²) in [5, 5.41) is 13.6. The largest absolute Gasteiger partial charge is 0.345 e. The molecule has 0 aliphatic heterocycles. The Morgan fingerprint density at radius 1 is 1.07 bits per heavy atom. The fourth-order valence-corrected chi connectivity index (χ4v) is 4.14. The highest BCUT2D eigenvalue weighted by Gasteiger charge is 2.14. The van der Waals surface area contributed by atoms with Crippen molar-refractivity contribution in [2.24, 2.45) is 0 Å². The standard InChI is InChI=1S/C19H17Cl3N4OS/c1-2-26-17(10-23-18(27)12-7-8-15(21)16(22)9-12)24-25-19(26)28-11-13-5-3-4-6-14(13)20/h3-9H,2,10-11H2,1H3,(H,23,27). The predicted octanol–water partition coefficient (Wildman–Crippen LogP) is 5.48. The van der Waals surface area contributed by atoms with Crippen molar-refractivity contribution in [2.75, 3.05) is 0 Å². The number of hydrogen-bond donors (Lipinski definition) is 1. The van der Waals surface area contributed by atoms with Crippen molar-refractivity contribution in [1.82, 2.24) is 20.1 Å². The van der Waals surface area contributed by atoms with Crippen LogP contribution in [0.25, 0.3) is 0 Å². The quantitative estimate of drug-likeness (QED) is 0.479. The minimum Gasteiger partial charge on any atom is -0.345 e. The summed E-state index contributed by atoms with van der Waals surface area (Å²) in [7, 11) is 0. The first kappa shape index (κ1) is 21.0. The molecule has 0 spiro atoms. The third kappa shape index (κ3) is 5.00. The molecule has 1 aromatic heterocycles. The van der Waals surface area contributed by atoms with Crippen molar-refractivity contribution in [3.05, 3.63) is 74.5 Å². The van der Waals surface area contributed by atoms with Crippen LogP contribution >= 0.6 is 46.6 Å². The zero-order chi connectivity index (χ0) is 20.1. The van der Waals surface area contributed by atoms with Crippen molar-refractivity contribution in [1.29, 1.82) is 0 Å². The van der Waals surface area contributed by atoms with Crippen LogP contribution in [0.4, 0.5) is 0 Å². The molecule has 3 rings (SSSR count). The molecule has 0 fully saturated rings. The van der Waals surface area contributed by atoms with Gasteiger partial charge in [0, 0.05) is 22.9 Å². The fraction of sp³-hybridized carbons (Fsp3) is 0.211. The van der Waals surface area contributed by atoms with Gasteiger partial charge in [0.1, 0.15) is 0 Å². The van der Waals surface area contributed by atoms with Crippen molar-refractivity contribution >= 4 is 52.5 Å². The Balaban J connectivity index is 1.65. The number of carbonyl (C=O) groups excluding carboxylic acids is 1. The van der Waals surface area contributed by atoms with E-state index in [1.165, 1.54) is 6.07 Å². The molecule has 1 N–H and O–H groups in total. The Morgan fingerprint density at radius 2 is 1.86 bits per heavy atom. The maximum absolute atomic E-state index is 12.3. The van der Waals surface area contributed by atoms with E-state index < -0.39 is 0 Å². The summed E-state index contributed by atoms with van der Waals surface area (Å²) in [4.78, 5) is 12.3. The maximum atomic E-state index is 12.3. The number of nitrogens with zero attached hydrogens (tertiary/aromatic N) is 3. The van der Waals surface area contributed by atoms with Crippen molar-refractivity contribution < 1.29 is 4.79 Å². The van der Waals surface area contributed by atoms with Crippen LogP contribution in [0.2, 0.25) is 15.1 Å². The van der Waals surface area contributed by atoms with E-state index in [1.54, 1.807) is 23.9 Å². The molecule has 28 heavy (non-hydrogen) atoms. The number of amides is 1. The molecule has 0 atom stereocenters. The number of nitrogens with one attached hydrogen (secondary N) is 1. The summed E-state index contributed by atoms with van der Waals surface area (Å²) in [6.07, 6.45) is 0. The Kier molecular flexibility index (Phi) is 7.24. The average molecular weight is 456 g/mol. The molecule has 2 aromatic carbocycles. The van der Waals surface area contributed by atoms with E-state index in [1.807, 2.05) is 35.8 Å². The molecule has 0 radical (unpaired) electrons. The fourth-order valence-electron chi connectivity index (χ4n) is 2.53. The van der Waals surface area contributed by atoms with Gasteiger partial charge >= 0.3 is 0 Å². The summed E-state index contributed by atoms with van der Waals surface area (Å²) in [6, 6.07) is 12.5. The normalized spacial score (nSPS) is 10.9. The van der Waals surface area contributed by atoms with Gasteiger partial charge in [-0.1, -0.05) is 64.8 Å². The van der Waals surface area contributed by atoms with E-state index in [0.29, 0.717) is 33.7 Å². The lowest BCUT2D eigenvalue weighted by Gasteiger charge is -2.09. The van der Waals surface area contributed by atoms with Gasteiger partial charge in [0.05, 0.1) is 16.6 Å². The first-order chi connectivity index (χ1) is 13.5. The zero-order valence-electron chi connectivity index (χ0n) is 15.0. The first-order valence-corrected chi connectivity index (χ1v) is 10.6. The molecular formula is C19H17Cl3N4OS. The lowest BCUT2D eigenvalue weighted by Crippen LogP contribution is -2.24. The van der Waals surface area contributed by atoms with E-state index in [2.05, 4.69) is 15.5 Å². The molecule has 0 bridgehead atoms. The van der Waals surface area contributed by atoms with E-state index in [0.717, 1.165) is 15.7 Å². The molecular weight excluding hydrogens is 439 g/mol. The van der Waals surface area contributed by atoms with Gasteiger partial charge in [-0.25, -0.2) is 0 Å². The molecule has 5 nitrogen and oxygen atoms in total. The third-order valence-corrected chi connectivity index (χ3v) is 6.14. The minimum absolute atomic E-state index is 0.255. The van der Waals surface area contributed by atoms with Gasteiger partial charge in [-0.05, 0) is 36.8 Å². The average Bonchev–Trinajstić information content (AvgIpc) is 3.09. The number of hydrogen-bond acceptors (Lipinski definition) is 4. The molecule has 146 valence electrons. The molecule has 0 saturated carbocycles. The van der Waals surface area contributed by atoms with E-state index >= 15 is 0 Å². The Bertz CT molecular complexity index is 993. The monoisotopic (exact) mass is 454 g/mol. The number of carbonyl (C=O) groups is 1. The molecule has 1 amide bonds. The van der Waals surface area contributed by atoms with Crippen LogP contribution in [0.5, 0.6) is 0 Å². The van der Waals surface area contributed by atoms with Crippen LogP contribution in [0.1, 0.15) is 28.7 Å². The second-order valence-electron chi connectivity index (χ2n) is 5.83. The first-order valence-electron chi connectivity index (χ1n) is 8.51. The van der Waals surface area contributed by atoms with E-state index in [-0.39, 0.29) is 12.5 Å². The van der Waals surface area contributed by atoms with Gasteiger partial charge in [-0.3, -0.25) is 4.79 Å². The van der Waals surface area contributed by atoms with E-state index in [9.17, 15) is 4.79 Å². The molecule has 9 heteroatoms. The molecule has 0 aliphatic rings. The molecule has 0 unspecified atom stereocenters. The molecule has 3 aromatic rings. The highest BCUT2D eigenvalue weighted by Crippen LogP contribution is 2.26. The maximum Gasteiger partial charge on any atom is 0.251 e. The summed E-state index contributed by atoms with van der Waals surface area (Å²) in [5.74, 6) is 1.11. The molecule has 1 heterocycles. The third-order valence-electron chi connectivity index (χ3n) is 4.01. The smallest absolute Gasteiger partial charge is 0.251 e. The van der Waals surface area contributed by atoms with Gasteiger partial charge in [-0.15, -0.1) is 10.2 Å². The summed E-state index contributed by atoms with van der Waals surface area (Å²) < 4.78 is 1.97. The van der Waals surface area contributed by atoms with Gasteiger partial charge in [0.25, 0.3) is 5.91 Å². The van der Waals surface area contributed by atoms with Gasteiger partial charge in [-0.2, -0.15) is 0 Å². The summed E-state index contributed by atoms with van der Waals surface area (Å²) in [6.45, 7) is 2.95. The number of rotatable bonds is 7. The molecule has 0 aliphatic carbocycles. The van der Waals surface area contributed by atoms with Crippen molar-refractivity contribution in [2.45, 2.75) is 30.9 Å². The highest BCUT2D eigenvalue weighted by molar-refractivity contribution is 7.98. The topological polar surface area (TPSA) is 59.8 Å². The van der Waals surface area contributed by atoms with Gasteiger partial charge < -0.3 is 9.88 Å². The highest BCUT2D eigenvalue weighted by atomic mass is 35.5. The van der Waals surface area contributed by atoms with Crippen molar-refractivity contribution in [3.63, 3.8) is 0 Å². The Hall–Kier alpha value is -1.73. The van der Waals surface area contributed by atoms with Crippen LogP contribution in [0, 0.1) is 0 Å². The number of aromatic nitrogens is 3. The Morgan fingerprint density at radius 3 is 2.57 bits per heavy atom. The second-order valence-corrected chi connectivity index (χ2v) is 8.00. The predicted molar refractivity (Wildman–Crippen MR) is 114 cm³/mol. The van der Waals surface area contributed by atoms with Crippen LogP contribution < -0.4 is 5.32 Å². The van der Waals surface area contributed by atoms with Crippen LogP contribution in [0.3, 0.4) is 0 Å². The van der Waals surface area contributed by atoms with Gasteiger partial charge in [0.15, 0.2) is 11.0 Å². The number of benzene rings is 2. The number of thioether (sulfide) groups is 1. The van der Waals surface area contributed by atoms with Crippen LogP contribution in [-0.4, -0.2) is 20.7 Å². The minimum atomic E-state index is -0.255. The van der Waals surface area contributed by atoms with Crippen LogP contribution in [-0.2, 0) is 18.8 Å². The summed E-state index contributed by atoms with van der Waals surface area (Å²) in [5.41, 5.74) is 1.47. The van der Waals surface area contributed by atoms with E-state index in [4.69, 9.17) is 34.8 Å². The van der Waals surface area contributed by atoms with Crippen molar-refractivity contribution in [3.8, 4) is 0 Å². The zero-order valence-corrected chi connectivity index (χ0v) is 18.0. The van der Waals surface area contributed by atoms with Gasteiger partial charge in [0.2, 0.25) is 0 Å².